The molecular weight excluding hydrogens is 394 g/mol. The highest BCUT2D eigenvalue weighted by molar-refractivity contribution is 9.10. The van der Waals surface area contributed by atoms with E-state index in [0.717, 1.165) is 11.6 Å². The molecule has 0 aliphatic rings. The third kappa shape index (κ3) is 5.61. The molecule has 2 aromatic carbocycles. The first-order valence-electron chi connectivity index (χ1n) is 7.91. The summed E-state index contributed by atoms with van der Waals surface area (Å²) in [6.45, 7) is 1.18. The summed E-state index contributed by atoms with van der Waals surface area (Å²) in [5.74, 6) is -0.762. The minimum Gasteiger partial charge on any atom is -0.484 e. The third-order valence-corrected chi connectivity index (χ3v) is 4.13. The zero-order valence-corrected chi connectivity index (χ0v) is 15.4. The van der Waals surface area contributed by atoms with Gasteiger partial charge in [-0.05, 0) is 27.6 Å². The molecule has 25 heavy (non-hydrogen) atoms. The minimum absolute atomic E-state index is 0.0111. The number of benzene rings is 2. The van der Waals surface area contributed by atoms with Gasteiger partial charge in [-0.2, -0.15) is 0 Å². The van der Waals surface area contributed by atoms with Crippen molar-refractivity contribution in [3.63, 3.8) is 0 Å². The van der Waals surface area contributed by atoms with Gasteiger partial charge in [0.25, 0.3) is 0 Å². The lowest BCUT2D eigenvalue weighted by Crippen LogP contribution is -2.26. The Bertz CT molecular complexity index is 707. The average molecular weight is 413 g/mol. The first-order chi connectivity index (χ1) is 12.0. The molecule has 0 aromatic heterocycles. The number of Topliss-reactive ketones (excluding diaryl/α,β-unsaturated/α-hetero) is 1. The molecule has 0 N–H and O–H groups in total. The molecule has 0 fully saturated rings. The largest absolute Gasteiger partial charge is 0.484 e. The Balaban J connectivity index is 2.05. The monoisotopic (exact) mass is 412 g/mol. The summed E-state index contributed by atoms with van der Waals surface area (Å²) in [5.41, 5.74) is 1.17. The summed E-state index contributed by atoms with van der Waals surface area (Å²) in [7, 11) is 0. The lowest BCUT2D eigenvalue weighted by molar-refractivity contribution is 0.0291. The van der Waals surface area contributed by atoms with Crippen molar-refractivity contribution in [3.05, 3.63) is 63.9 Å². The van der Waals surface area contributed by atoms with Crippen LogP contribution in [0.5, 0.6) is 5.75 Å². The molecule has 2 rings (SSSR count). The van der Waals surface area contributed by atoms with Gasteiger partial charge in [0.05, 0.1) is 23.2 Å². The van der Waals surface area contributed by atoms with Crippen molar-refractivity contribution in [2.75, 3.05) is 13.3 Å². The molecule has 0 aliphatic heterocycles. The number of carbonyl (C=O) groups is 1. The molecule has 134 valence electrons. The minimum atomic E-state index is -0.923. The smallest absolute Gasteiger partial charge is 0.166 e. The van der Waals surface area contributed by atoms with Gasteiger partial charge in [-0.3, -0.25) is 4.79 Å². The van der Waals surface area contributed by atoms with E-state index in [0.29, 0.717) is 6.61 Å². The van der Waals surface area contributed by atoms with Crippen molar-refractivity contribution >= 4 is 21.7 Å². The highest BCUT2D eigenvalue weighted by Gasteiger charge is 2.19. The van der Waals surface area contributed by atoms with E-state index in [9.17, 15) is 13.6 Å². The Kier molecular flexibility index (Phi) is 7.52. The maximum atomic E-state index is 13.8. The molecule has 0 saturated carbocycles. The van der Waals surface area contributed by atoms with Crippen LogP contribution in [0.1, 0.15) is 29.3 Å². The van der Waals surface area contributed by atoms with Crippen LogP contribution in [0.3, 0.4) is 0 Å². The molecule has 3 nitrogen and oxygen atoms in total. The lowest BCUT2D eigenvalue weighted by atomic mass is 10.1. The Hall–Kier alpha value is -1.79. The number of alkyl halides is 1. The highest BCUT2D eigenvalue weighted by atomic mass is 79.9. The van der Waals surface area contributed by atoms with Crippen molar-refractivity contribution < 1.29 is 23.0 Å². The third-order valence-electron chi connectivity index (χ3n) is 3.53. The van der Waals surface area contributed by atoms with Gasteiger partial charge in [0.2, 0.25) is 0 Å². The molecule has 0 bridgehead atoms. The molecule has 0 amide bonds. The number of rotatable bonds is 9. The van der Waals surface area contributed by atoms with Crippen LogP contribution >= 0.6 is 15.9 Å². The van der Waals surface area contributed by atoms with E-state index in [-0.39, 0.29) is 34.6 Å². The quantitative estimate of drug-likeness (QED) is 0.536. The van der Waals surface area contributed by atoms with Crippen molar-refractivity contribution in [3.8, 4) is 5.75 Å². The fourth-order valence-electron chi connectivity index (χ4n) is 2.21. The molecular formula is C19H19BrF2O3. The molecule has 0 unspecified atom stereocenters. The molecule has 1 atom stereocenters. The number of carbonyl (C=O) groups excluding carboxylic acids is 1. The predicted molar refractivity (Wildman–Crippen MR) is 95.2 cm³/mol. The second-order valence-corrected chi connectivity index (χ2v) is 6.29. The fourth-order valence-corrected chi connectivity index (χ4v) is 2.55. The van der Waals surface area contributed by atoms with E-state index in [2.05, 4.69) is 15.9 Å². The van der Waals surface area contributed by atoms with Crippen LogP contribution in [0.2, 0.25) is 0 Å². The zero-order chi connectivity index (χ0) is 18.2. The Morgan fingerprint density at radius 3 is 2.60 bits per heavy atom. The number of ether oxygens (including phenoxy) is 2. The SMILES string of the molecule is CCC(=O)c1cc(Br)c(F)cc1O[C@@H](CF)COCc1ccccc1. The van der Waals surface area contributed by atoms with Crippen LogP contribution in [-0.2, 0) is 11.3 Å². The van der Waals surface area contributed by atoms with Crippen LogP contribution in [-0.4, -0.2) is 25.2 Å². The molecule has 0 radical (unpaired) electrons. The van der Waals surface area contributed by atoms with Gasteiger partial charge >= 0.3 is 0 Å². The van der Waals surface area contributed by atoms with Crippen molar-refractivity contribution in [1.29, 1.82) is 0 Å². The predicted octanol–water partition coefficient (Wildman–Crippen LogP) is 5.11. The second-order valence-electron chi connectivity index (χ2n) is 5.43. The Morgan fingerprint density at radius 2 is 1.96 bits per heavy atom. The standard InChI is InChI=1S/C19H19BrF2O3/c1-2-18(23)15-8-16(20)17(22)9-19(15)25-14(10-21)12-24-11-13-6-4-3-5-7-13/h3-9,14H,2,10-12H2,1H3/t14-/m0/s1. The molecule has 2 aromatic rings. The second kappa shape index (κ2) is 9.63. The van der Waals surface area contributed by atoms with E-state index in [1.54, 1.807) is 6.92 Å². The van der Waals surface area contributed by atoms with Gasteiger partial charge in [0, 0.05) is 12.5 Å². The van der Waals surface area contributed by atoms with Crippen LogP contribution in [0, 0.1) is 5.82 Å². The number of hydrogen-bond donors (Lipinski definition) is 0. The summed E-state index contributed by atoms with van der Waals surface area (Å²) in [4.78, 5) is 12.0. The number of halogens is 3. The maximum absolute atomic E-state index is 13.8. The van der Waals surface area contributed by atoms with Gasteiger partial charge in [-0.1, -0.05) is 37.3 Å². The average Bonchev–Trinajstić information content (AvgIpc) is 2.63. The van der Waals surface area contributed by atoms with E-state index in [1.807, 2.05) is 30.3 Å². The van der Waals surface area contributed by atoms with Crippen molar-refractivity contribution in [2.24, 2.45) is 0 Å². The summed E-state index contributed by atoms with van der Waals surface area (Å²) in [6, 6.07) is 11.9. The highest BCUT2D eigenvalue weighted by Crippen LogP contribution is 2.28. The van der Waals surface area contributed by atoms with Gasteiger partial charge < -0.3 is 9.47 Å². The van der Waals surface area contributed by atoms with Gasteiger partial charge in [0.1, 0.15) is 18.2 Å². The zero-order valence-electron chi connectivity index (χ0n) is 13.8. The molecule has 0 aliphatic carbocycles. The Labute approximate surface area is 154 Å². The lowest BCUT2D eigenvalue weighted by Gasteiger charge is -2.19. The van der Waals surface area contributed by atoms with Gasteiger partial charge in [0.15, 0.2) is 11.9 Å². The number of ketones is 1. The summed E-state index contributed by atoms with van der Waals surface area (Å²) in [6.07, 6.45) is -0.688. The van der Waals surface area contributed by atoms with E-state index >= 15 is 0 Å². The normalized spacial score (nSPS) is 12.0. The van der Waals surface area contributed by atoms with Crippen LogP contribution < -0.4 is 4.74 Å². The van der Waals surface area contributed by atoms with Crippen molar-refractivity contribution in [1.82, 2.24) is 0 Å². The topological polar surface area (TPSA) is 35.5 Å². The summed E-state index contributed by atoms with van der Waals surface area (Å²) < 4.78 is 38.2. The van der Waals surface area contributed by atoms with Crippen LogP contribution in [0.15, 0.2) is 46.9 Å². The molecule has 0 heterocycles. The van der Waals surface area contributed by atoms with Crippen LogP contribution in [0.25, 0.3) is 0 Å². The van der Waals surface area contributed by atoms with E-state index in [1.165, 1.54) is 6.07 Å². The molecule has 6 heteroatoms. The fraction of sp³-hybridized carbons (Fsp3) is 0.316. The maximum Gasteiger partial charge on any atom is 0.166 e. The Morgan fingerprint density at radius 1 is 1.24 bits per heavy atom. The first-order valence-corrected chi connectivity index (χ1v) is 8.71. The molecule has 0 saturated heterocycles. The van der Waals surface area contributed by atoms with E-state index < -0.39 is 18.6 Å². The summed E-state index contributed by atoms with van der Waals surface area (Å²) in [5, 5.41) is 0. The molecule has 0 spiro atoms. The van der Waals surface area contributed by atoms with Crippen LogP contribution in [0.4, 0.5) is 8.78 Å². The summed E-state index contributed by atoms with van der Waals surface area (Å²) >= 11 is 3.05. The van der Waals surface area contributed by atoms with Gasteiger partial charge in [-0.15, -0.1) is 0 Å². The first kappa shape index (κ1) is 19.5. The van der Waals surface area contributed by atoms with Gasteiger partial charge in [-0.25, -0.2) is 8.78 Å². The van der Waals surface area contributed by atoms with Crippen molar-refractivity contribution in [2.45, 2.75) is 26.1 Å². The van der Waals surface area contributed by atoms with E-state index in [4.69, 9.17) is 9.47 Å². The number of hydrogen-bond acceptors (Lipinski definition) is 3.